The van der Waals surface area contributed by atoms with Crippen LogP contribution in [0, 0.1) is 11.8 Å². The van der Waals surface area contributed by atoms with E-state index in [2.05, 4.69) is 44.4 Å². The van der Waals surface area contributed by atoms with Crippen LogP contribution in [0.1, 0.15) is 52.0 Å². The van der Waals surface area contributed by atoms with Crippen LogP contribution in [0.2, 0.25) is 0 Å². The number of rotatable bonds is 25. The van der Waals surface area contributed by atoms with Crippen LogP contribution in [0.3, 0.4) is 0 Å². The Morgan fingerprint density at radius 2 is 1.11 bits per heavy atom. The molecule has 10 nitrogen and oxygen atoms in total. The molecule has 2 atom stereocenters. The standard InChI is InChI=1S/C27H49O10P/c1-23(2)21-24(3)22-25(4)26-7-5-6-8-27(26)36-19-17-34-15-13-32-11-9-31-10-12-33-14-16-35-18-20-37-38(28,29)30/h5-8,23-25H,9-22H2,1-4H3,(H2,28,29,30). The second-order valence-corrected chi connectivity index (χ2v) is 10.9. The quantitative estimate of drug-likeness (QED) is 0.130. The van der Waals surface area contributed by atoms with E-state index in [4.69, 9.17) is 38.2 Å². The summed E-state index contributed by atoms with van der Waals surface area (Å²) < 4.78 is 47.7. The number of ether oxygens (including phenoxy) is 6. The summed E-state index contributed by atoms with van der Waals surface area (Å²) in [4.78, 5) is 17.0. The molecule has 0 aromatic heterocycles. The molecular formula is C27H49O10P. The van der Waals surface area contributed by atoms with Gasteiger partial charge in [0, 0.05) is 0 Å². The molecule has 1 aromatic carbocycles. The van der Waals surface area contributed by atoms with E-state index in [0.29, 0.717) is 77.9 Å². The summed E-state index contributed by atoms with van der Waals surface area (Å²) in [6, 6.07) is 8.29. The van der Waals surface area contributed by atoms with Crippen molar-refractivity contribution in [1.29, 1.82) is 0 Å². The predicted octanol–water partition coefficient (Wildman–Crippen LogP) is 4.43. The van der Waals surface area contributed by atoms with Crippen LogP contribution in [-0.2, 0) is 32.8 Å². The number of benzene rings is 1. The zero-order chi connectivity index (χ0) is 28.1. The molecule has 222 valence electrons. The highest BCUT2D eigenvalue weighted by molar-refractivity contribution is 7.46. The van der Waals surface area contributed by atoms with Crippen molar-refractivity contribution >= 4 is 7.82 Å². The molecule has 1 rings (SSSR count). The smallest absolute Gasteiger partial charge is 0.469 e. The van der Waals surface area contributed by atoms with E-state index in [9.17, 15) is 4.57 Å². The molecule has 11 heteroatoms. The first-order valence-electron chi connectivity index (χ1n) is 13.5. The summed E-state index contributed by atoms with van der Waals surface area (Å²) in [6.07, 6.45) is 2.39. The highest BCUT2D eigenvalue weighted by Gasteiger charge is 2.16. The molecule has 0 radical (unpaired) electrons. The molecule has 38 heavy (non-hydrogen) atoms. The Labute approximate surface area is 228 Å². The Hall–Kier alpha value is -1.07. The van der Waals surface area contributed by atoms with Crippen LogP contribution in [0.5, 0.6) is 5.75 Å². The highest BCUT2D eigenvalue weighted by atomic mass is 31.2. The van der Waals surface area contributed by atoms with Crippen LogP contribution in [0.4, 0.5) is 0 Å². The van der Waals surface area contributed by atoms with Gasteiger partial charge in [0.15, 0.2) is 0 Å². The summed E-state index contributed by atoms with van der Waals surface area (Å²) in [5.74, 6) is 2.80. The highest BCUT2D eigenvalue weighted by Crippen LogP contribution is 2.35. The minimum absolute atomic E-state index is 0.0877. The van der Waals surface area contributed by atoms with E-state index in [1.807, 2.05) is 12.1 Å². The third-order valence-electron chi connectivity index (χ3n) is 5.54. The number of hydrogen-bond donors (Lipinski definition) is 2. The Morgan fingerprint density at radius 1 is 0.658 bits per heavy atom. The van der Waals surface area contributed by atoms with E-state index in [0.717, 1.165) is 18.1 Å². The van der Waals surface area contributed by atoms with Crippen molar-refractivity contribution in [3.8, 4) is 5.75 Å². The largest absolute Gasteiger partial charge is 0.491 e. The van der Waals surface area contributed by atoms with Crippen molar-refractivity contribution in [2.24, 2.45) is 11.8 Å². The monoisotopic (exact) mass is 564 g/mol. The third-order valence-corrected chi connectivity index (χ3v) is 6.06. The average molecular weight is 565 g/mol. The summed E-state index contributed by atoms with van der Waals surface area (Å²) in [7, 11) is -4.43. The van der Waals surface area contributed by atoms with Crippen LogP contribution in [0.25, 0.3) is 0 Å². The molecule has 0 bridgehead atoms. The lowest BCUT2D eigenvalue weighted by atomic mass is 9.86. The molecule has 0 aliphatic rings. The molecule has 0 amide bonds. The summed E-state index contributed by atoms with van der Waals surface area (Å²) in [6.45, 7) is 13.5. The van der Waals surface area contributed by atoms with Crippen LogP contribution in [-0.4, -0.2) is 89.1 Å². The van der Waals surface area contributed by atoms with Gasteiger partial charge in [-0.25, -0.2) is 4.57 Å². The molecule has 0 fully saturated rings. The fourth-order valence-corrected chi connectivity index (χ4v) is 4.37. The number of phosphoric acid groups is 1. The number of phosphoric ester groups is 1. The van der Waals surface area contributed by atoms with Gasteiger partial charge in [-0.3, -0.25) is 4.52 Å². The van der Waals surface area contributed by atoms with Crippen molar-refractivity contribution in [1.82, 2.24) is 0 Å². The fraction of sp³-hybridized carbons (Fsp3) is 0.778. The van der Waals surface area contributed by atoms with Crippen LogP contribution in [0.15, 0.2) is 24.3 Å². The maximum absolute atomic E-state index is 10.5. The van der Waals surface area contributed by atoms with Crippen LogP contribution < -0.4 is 4.74 Å². The van der Waals surface area contributed by atoms with Crippen molar-refractivity contribution in [2.75, 3.05) is 79.3 Å². The van der Waals surface area contributed by atoms with Crippen molar-refractivity contribution in [3.63, 3.8) is 0 Å². The lowest BCUT2D eigenvalue weighted by Gasteiger charge is -2.21. The minimum Gasteiger partial charge on any atom is -0.491 e. The maximum atomic E-state index is 10.5. The molecular weight excluding hydrogens is 515 g/mol. The zero-order valence-corrected chi connectivity index (χ0v) is 24.4. The van der Waals surface area contributed by atoms with E-state index in [-0.39, 0.29) is 13.2 Å². The minimum atomic E-state index is -4.43. The van der Waals surface area contributed by atoms with Gasteiger partial charge in [0.2, 0.25) is 0 Å². The van der Waals surface area contributed by atoms with Gasteiger partial charge in [0.25, 0.3) is 0 Å². The van der Waals surface area contributed by atoms with Gasteiger partial charge in [0.1, 0.15) is 12.4 Å². The van der Waals surface area contributed by atoms with E-state index in [1.165, 1.54) is 12.0 Å². The second kappa shape index (κ2) is 21.7. The first kappa shape index (κ1) is 35.0. The molecule has 0 heterocycles. The van der Waals surface area contributed by atoms with Gasteiger partial charge >= 0.3 is 7.82 Å². The molecule has 0 aliphatic heterocycles. The van der Waals surface area contributed by atoms with E-state index in [1.54, 1.807) is 0 Å². The van der Waals surface area contributed by atoms with Gasteiger partial charge in [0.05, 0.1) is 72.7 Å². The molecule has 2 unspecified atom stereocenters. The first-order chi connectivity index (χ1) is 18.2. The Balaban J connectivity index is 1.95. The summed E-state index contributed by atoms with van der Waals surface area (Å²) >= 11 is 0. The van der Waals surface area contributed by atoms with Gasteiger partial charge in [-0.2, -0.15) is 0 Å². The van der Waals surface area contributed by atoms with E-state index < -0.39 is 7.82 Å². The second-order valence-electron chi connectivity index (χ2n) is 9.64. The lowest BCUT2D eigenvalue weighted by molar-refractivity contribution is -0.0146. The Morgan fingerprint density at radius 3 is 1.58 bits per heavy atom. The molecule has 1 aromatic rings. The predicted molar refractivity (Wildman–Crippen MR) is 146 cm³/mol. The normalized spacial score (nSPS) is 13.7. The van der Waals surface area contributed by atoms with Crippen molar-refractivity contribution < 1.29 is 47.3 Å². The van der Waals surface area contributed by atoms with Gasteiger partial charge in [-0.1, -0.05) is 45.9 Å². The SMILES string of the molecule is CC(C)CC(C)CC(C)c1ccccc1OCCOCCOCCOCCOCCOCCOP(=O)(O)O. The van der Waals surface area contributed by atoms with Crippen LogP contribution >= 0.6 is 7.82 Å². The maximum Gasteiger partial charge on any atom is 0.469 e. The topological polar surface area (TPSA) is 122 Å². The van der Waals surface area contributed by atoms with Crippen molar-refractivity contribution in [3.05, 3.63) is 29.8 Å². The molecule has 0 saturated heterocycles. The van der Waals surface area contributed by atoms with Gasteiger partial charge in [-0.15, -0.1) is 0 Å². The molecule has 0 saturated carbocycles. The third kappa shape index (κ3) is 19.9. The number of hydrogen-bond acceptors (Lipinski definition) is 8. The molecule has 2 N–H and O–H groups in total. The molecule has 0 aliphatic carbocycles. The van der Waals surface area contributed by atoms with Crippen molar-refractivity contribution in [2.45, 2.75) is 46.5 Å². The number of para-hydroxylation sites is 1. The first-order valence-corrected chi connectivity index (χ1v) is 15.0. The van der Waals surface area contributed by atoms with Gasteiger partial charge in [-0.05, 0) is 42.2 Å². The summed E-state index contributed by atoms with van der Waals surface area (Å²) in [5, 5.41) is 0. The average Bonchev–Trinajstić information content (AvgIpc) is 2.84. The Kier molecular flexibility index (Phi) is 20.0. The lowest BCUT2D eigenvalue weighted by Crippen LogP contribution is -2.15. The zero-order valence-electron chi connectivity index (χ0n) is 23.5. The molecule has 0 spiro atoms. The fourth-order valence-electron chi connectivity index (χ4n) is 4.06. The van der Waals surface area contributed by atoms with E-state index >= 15 is 0 Å². The summed E-state index contributed by atoms with van der Waals surface area (Å²) in [5.41, 5.74) is 1.26. The van der Waals surface area contributed by atoms with Gasteiger partial charge < -0.3 is 38.2 Å². The Bertz CT molecular complexity index is 742.